The van der Waals surface area contributed by atoms with Crippen molar-refractivity contribution in [3.63, 3.8) is 0 Å². The fourth-order valence-electron chi connectivity index (χ4n) is 0.228. The van der Waals surface area contributed by atoms with Gasteiger partial charge in [0.25, 0.3) is 0 Å². The van der Waals surface area contributed by atoms with E-state index in [1.165, 1.54) is 13.0 Å². The van der Waals surface area contributed by atoms with Gasteiger partial charge in [-0.2, -0.15) is 0 Å². The van der Waals surface area contributed by atoms with Gasteiger partial charge in [-0.25, -0.2) is 0 Å². The zero-order chi connectivity index (χ0) is 4.41. The van der Waals surface area contributed by atoms with Crippen LogP contribution in [-0.4, -0.2) is 12.1 Å². The molecule has 1 N–H and O–H groups in total. The molecule has 6 heavy (non-hydrogen) atoms. The molecule has 1 rings (SSSR count). The first-order valence-electron chi connectivity index (χ1n) is 1.52. The summed E-state index contributed by atoms with van der Waals surface area (Å²) in [5.74, 6) is 1.31. The summed E-state index contributed by atoms with van der Waals surface area (Å²) in [6.07, 6.45) is 0. The van der Waals surface area contributed by atoms with Crippen LogP contribution < -0.4 is 5.63 Å². The van der Waals surface area contributed by atoms with Crippen molar-refractivity contribution < 1.29 is 4.52 Å². The van der Waals surface area contributed by atoms with Gasteiger partial charge in [-0.15, -0.1) is 0 Å². The van der Waals surface area contributed by atoms with E-state index < -0.39 is 0 Å². The number of hydrogen-bond acceptors (Lipinski definition) is 2. The SMILES string of the molecule is O=c1cb[nH]o1. The van der Waals surface area contributed by atoms with Crippen LogP contribution in [0.3, 0.4) is 0 Å². The van der Waals surface area contributed by atoms with Gasteiger partial charge in [0.1, 0.15) is 0 Å². The molecule has 30 valence electrons. The third-order valence-corrected chi connectivity index (χ3v) is 0.447. The Bertz CT molecular complexity index is 149. The number of aromatic amines is 1. The molecule has 0 aliphatic heterocycles. The molecule has 1 aromatic rings. The van der Waals surface area contributed by atoms with Crippen molar-refractivity contribution in [2.24, 2.45) is 0 Å². The summed E-state index contributed by atoms with van der Waals surface area (Å²) in [4.78, 5) is 9.87. The molecule has 0 saturated carbocycles. The van der Waals surface area contributed by atoms with Gasteiger partial charge < -0.3 is 0 Å². The van der Waals surface area contributed by atoms with Crippen LogP contribution in [0.25, 0.3) is 0 Å². The van der Waals surface area contributed by atoms with Gasteiger partial charge in [0.2, 0.25) is 0 Å². The third-order valence-electron chi connectivity index (χ3n) is 0.447. The van der Waals surface area contributed by atoms with Crippen LogP contribution in [-0.2, 0) is 0 Å². The van der Waals surface area contributed by atoms with Crippen molar-refractivity contribution in [1.82, 2.24) is 5.06 Å². The molecule has 0 spiro atoms. The van der Waals surface area contributed by atoms with E-state index in [0.29, 0.717) is 0 Å². The first-order valence-corrected chi connectivity index (χ1v) is 1.52. The summed E-state index contributed by atoms with van der Waals surface area (Å²) in [5.41, 5.74) is -0.338. The molecular formula is C2H2BNO2. The van der Waals surface area contributed by atoms with E-state index in [2.05, 4.69) is 9.59 Å². The molecule has 0 aromatic carbocycles. The fraction of sp³-hybridized carbons (Fsp3) is 0. The standard InChI is InChI=1S/C2H2BNO2/c5-2-1-3-4-6-2/h1,4H. The Hall–Kier alpha value is -0.795. The minimum absolute atomic E-state index is 0.338. The molecule has 0 bridgehead atoms. The van der Waals surface area contributed by atoms with Crippen LogP contribution in [0.2, 0.25) is 0 Å². The normalized spacial score (nSPS) is 8.00. The maximum atomic E-state index is 9.87. The van der Waals surface area contributed by atoms with Crippen molar-refractivity contribution in [2.45, 2.75) is 0 Å². The third kappa shape index (κ3) is 0.405. The van der Waals surface area contributed by atoms with Crippen LogP contribution in [0.15, 0.2) is 15.3 Å². The molecule has 0 unspecified atom stereocenters. The number of aromatic nitrogens is 1. The van der Waals surface area contributed by atoms with Gasteiger partial charge in [0.15, 0.2) is 0 Å². The molecule has 0 fully saturated rings. The Morgan fingerprint density at radius 1 is 2.00 bits per heavy atom. The van der Waals surface area contributed by atoms with Crippen molar-refractivity contribution >= 4 is 7.05 Å². The number of hydrogen-bond donors (Lipinski definition) is 1. The van der Waals surface area contributed by atoms with Crippen molar-refractivity contribution in [2.75, 3.05) is 0 Å². The molecule has 0 saturated heterocycles. The van der Waals surface area contributed by atoms with Gasteiger partial charge in [0, 0.05) is 0 Å². The Morgan fingerprint density at radius 2 is 2.83 bits per heavy atom. The quantitative estimate of drug-likeness (QED) is 0.451. The van der Waals surface area contributed by atoms with E-state index in [9.17, 15) is 4.79 Å². The summed E-state index contributed by atoms with van der Waals surface area (Å²) in [7, 11) is 1.43. The molecule has 1 aromatic heterocycles. The number of nitrogens with one attached hydrogen (secondary N) is 1. The predicted molar refractivity (Wildman–Crippen MR) is 20.7 cm³/mol. The summed E-state index contributed by atoms with van der Waals surface area (Å²) in [6.45, 7) is 0. The van der Waals surface area contributed by atoms with Crippen LogP contribution in [0.5, 0.6) is 0 Å². The van der Waals surface area contributed by atoms with Gasteiger partial charge in [-0.3, -0.25) is 0 Å². The van der Waals surface area contributed by atoms with Gasteiger partial charge in [-0.1, -0.05) is 0 Å². The summed E-state index contributed by atoms with van der Waals surface area (Å²) in [5, 5.41) is 2.24. The molecule has 3 nitrogen and oxygen atoms in total. The minimum atomic E-state index is -0.338. The molecular weight excluding hydrogens is 80.8 g/mol. The van der Waals surface area contributed by atoms with Crippen LogP contribution in [0, 0.1) is 0 Å². The maximum absolute atomic E-state index is 9.87. The van der Waals surface area contributed by atoms with E-state index in [4.69, 9.17) is 0 Å². The van der Waals surface area contributed by atoms with Crippen LogP contribution in [0.1, 0.15) is 0 Å². The molecule has 0 amide bonds. The molecule has 0 aliphatic rings. The molecule has 1 heterocycles. The van der Waals surface area contributed by atoms with Crippen molar-refractivity contribution in [3.05, 3.63) is 16.4 Å². The second-order valence-electron chi connectivity index (χ2n) is 0.872. The Labute approximate surface area is 34.2 Å². The monoisotopic (exact) mass is 83.0 g/mol. The summed E-state index contributed by atoms with van der Waals surface area (Å²) < 4.78 is 4.15. The Balaban J connectivity index is 3.41. The topological polar surface area (TPSA) is 46.0 Å². The Morgan fingerprint density at radius 3 is 3.00 bits per heavy atom. The van der Waals surface area contributed by atoms with Gasteiger partial charge in [0.05, 0.1) is 0 Å². The van der Waals surface area contributed by atoms with Gasteiger partial charge >= 0.3 is 33.0 Å². The second-order valence-corrected chi connectivity index (χ2v) is 0.872. The van der Waals surface area contributed by atoms with E-state index >= 15 is 0 Å². The van der Waals surface area contributed by atoms with E-state index in [1.807, 2.05) is 0 Å². The summed E-state index contributed by atoms with van der Waals surface area (Å²) in [6, 6.07) is 0. The fourth-order valence-corrected chi connectivity index (χ4v) is 0.228. The Kier molecular flexibility index (Phi) is 0.635. The first kappa shape index (κ1) is 3.40. The molecule has 0 atom stereocenters. The molecule has 0 aliphatic carbocycles. The van der Waals surface area contributed by atoms with E-state index in [0.717, 1.165) is 0 Å². The number of H-pyrrole nitrogens is 1. The van der Waals surface area contributed by atoms with Gasteiger partial charge in [-0.05, 0) is 0 Å². The zero-order valence-corrected chi connectivity index (χ0v) is 2.97. The number of rotatable bonds is 0. The van der Waals surface area contributed by atoms with E-state index in [1.54, 1.807) is 0 Å². The predicted octanol–water partition coefficient (Wildman–Crippen LogP) is -0.694. The average molecular weight is 82.9 g/mol. The molecule has 0 radical (unpaired) electrons. The second kappa shape index (κ2) is 1.12. The van der Waals surface area contributed by atoms with E-state index in [-0.39, 0.29) is 5.63 Å². The average Bonchev–Trinajstić information content (AvgIpc) is 1.86. The summed E-state index contributed by atoms with van der Waals surface area (Å²) >= 11 is 0. The van der Waals surface area contributed by atoms with Crippen LogP contribution >= 0.6 is 0 Å². The van der Waals surface area contributed by atoms with Crippen LogP contribution in [0.4, 0.5) is 0 Å². The molecule has 4 heteroatoms. The zero-order valence-electron chi connectivity index (χ0n) is 2.97. The van der Waals surface area contributed by atoms with Crippen molar-refractivity contribution in [3.8, 4) is 0 Å². The van der Waals surface area contributed by atoms with Crippen molar-refractivity contribution in [1.29, 1.82) is 0 Å². The first-order chi connectivity index (χ1) is 2.89.